The summed E-state index contributed by atoms with van der Waals surface area (Å²) >= 11 is 5.76. The normalized spacial score (nSPS) is 11.6. The Morgan fingerprint density at radius 1 is 1.50 bits per heavy atom. The Bertz CT molecular complexity index is 430. The van der Waals surface area contributed by atoms with E-state index in [1.807, 2.05) is 0 Å². The molecule has 0 aliphatic carbocycles. The molecule has 78 valence electrons. The van der Waals surface area contributed by atoms with Crippen LogP contribution in [0.3, 0.4) is 0 Å². The summed E-state index contributed by atoms with van der Waals surface area (Å²) in [4.78, 5) is 3.94. The summed E-state index contributed by atoms with van der Waals surface area (Å²) in [6, 6.07) is 3.33. The molecule has 1 aromatic rings. The number of rotatable bonds is 3. The van der Waals surface area contributed by atoms with E-state index >= 15 is 0 Å². The molecule has 0 N–H and O–H groups in total. The van der Waals surface area contributed by atoms with Crippen molar-refractivity contribution >= 4 is 21.7 Å². The topological polar surface area (TPSA) is 56.3 Å². The third-order valence-electron chi connectivity index (χ3n) is 1.65. The highest BCUT2D eigenvalue weighted by Crippen LogP contribution is 2.16. The number of aromatic nitrogens is 1. The zero-order valence-corrected chi connectivity index (χ0v) is 9.39. The standard InChI is InChI=1S/C8H10ClNO3S/c1-6-3-4-7(8(9)10-6)5-14(11,12)13-2/h3-4H,5H2,1-2H3. The van der Waals surface area contributed by atoms with Gasteiger partial charge in [-0.2, -0.15) is 8.42 Å². The second-order valence-electron chi connectivity index (χ2n) is 2.77. The molecule has 0 atom stereocenters. The second-order valence-corrected chi connectivity index (χ2v) is 4.87. The van der Waals surface area contributed by atoms with Crippen LogP contribution < -0.4 is 0 Å². The van der Waals surface area contributed by atoms with Crippen LogP contribution in [-0.4, -0.2) is 20.5 Å². The van der Waals surface area contributed by atoms with Crippen LogP contribution in [0.25, 0.3) is 0 Å². The predicted octanol–water partition coefficient (Wildman–Crippen LogP) is 1.52. The van der Waals surface area contributed by atoms with Gasteiger partial charge in [-0.05, 0) is 13.0 Å². The fraction of sp³-hybridized carbons (Fsp3) is 0.375. The molecule has 0 unspecified atom stereocenters. The van der Waals surface area contributed by atoms with Crippen LogP contribution in [0.1, 0.15) is 11.3 Å². The summed E-state index contributed by atoms with van der Waals surface area (Å²) in [5, 5.41) is 0.200. The summed E-state index contributed by atoms with van der Waals surface area (Å²) in [5.41, 5.74) is 1.19. The molecule has 0 saturated carbocycles. The Labute approximate surface area is 88.0 Å². The first-order valence-corrected chi connectivity index (χ1v) is 5.80. The van der Waals surface area contributed by atoms with Gasteiger partial charge in [-0.25, -0.2) is 4.98 Å². The minimum Gasteiger partial charge on any atom is -0.273 e. The van der Waals surface area contributed by atoms with E-state index in [0.29, 0.717) is 5.56 Å². The Hall–Kier alpha value is -0.650. The zero-order valence-electron chi connectivity index (χ0n) is 7.82. The van der Waals surface area contributed by atoms with Gasteiger partial charge in [-0.15, -0.1) is 0 Å². The van der Waals surface area contributed by atoms with Gasteiger partial charge in [0.15, 0.2) is 0 Å². The highest BCUT2D eigenvalue weighted by atomic mass is 35.5. The van der Waals surface area contributed by atoms with Gasteiger partial charge in [-0.3, -0.25) is 4.18 Å². The van der Waals surface area contributed by atoms with Crippen LogP contribution >= 0.6 is 11.6 Å². The Kier molecular flexibility index (Phi) is 3.47. The molecule has 0 aliphatic heterocycles. The highest BCUT2D eigenvalue weighted by molar-refractivity contribution is 7.85. The SMILES string of the molecule is COS(=O)(=O)Cc1ccc(C)nc1Cl. The van der Waals surface area contributed by atoms with Crippen LogP contribution in [0.15, 0.2) is 12.1 Å². The molecule has 4 nitrogen and oxygen atoms in total. The van der Waals surface area contributed by atoms with E-state index in [4.69, 9.17) is 11.6 Å². The van der Waals surface area contributed by atoms with Gasteiger partial charge in [0.2, 0.25) is 0 Å². The molecule has 14 heavy (non-hydrogen) atoms. The predicted molar refractivity (Wildman–Crippen MR) is 53.6 cm³/mol. The van der Waals surface area contributed by atoms with Crippen molar-refractivity contribution < 1.29 is 12.6 Å². The molecular weight excluding hydrogens is 226 g/mol. The number of aryl methyl sites for hydroxylation is 1. The lowest BCUT2D eigenvalue weighted by atomic mass is 10.3. The van der Waals surface area contributed by atoms with Gasteiger partial charge in [0.25, 0.3) is 10.1 Å². The maximum absolute atomic E-state index is 11.1. The number of halogens is 1. The van der Waals surface area contributed by atoms with Crippen molar-refractivity contribution in [3.05, 3.63) is 28.5 Å². The van der Waals surface area contributed by atoms with Crippen molar-refractivity contribution in [3.8, 4) is 0 Å². The maximum Gasteiger partial charge on any atom is 0.271 e. The molecule has 0 amide bonds. The quantitative estimate of drug-likeness (QED) is 0.589. The molecule has 1 rings (SSSR count). The molecule has 0 bridgehead atoms. The van der Waals surface area contributed by atoms with Crippen LogP contribution in [-0.2, 0) is 20.1 Å². The van der Waals surface area contributed by atoms with Gasteiger partial charge in [-0.1, -0.05) is 17.7 Å². The zero-order chi connectivity index (χ0) is 10.8. The summed E-state index contributed by atoms with van der Waals surface area (Å²) in [5.74, 6) is -0.254. The van der Waals surface area contributed by atoms with Crippen LogP contribution in [0.4, 0.5) is 0 Å². The number of hydrogen-bond acceptors (Lipinski definition) is 4. The molecule has 0 spiro atoms. The van der Waals surface area contributed by atoms with Crippen molar-refractivity contribution in [1.29, 1.82) is 0 Å². The number of nitrogens with zero attached hydrogens (tertiary/aromatic N) is 1. The molecule has 1 aromatic heterocycles. The molecule has 1 heterocycles. The molecule has 0 radical (unpaired) electrons. The maximum atomic E-state index is 11.1. The highest BCUT2D eigenvalue weighted by Gasteiger charge is 2.13. The summed E-state index contributed by atoms with van der Waals surface area (Å²) in [6.07, 6.45) is 0. The largest absolute Gasteiger partial charge is 0.273 e. The third kappa shape index (κ3) is 2.94. The van der Waals surface area contributed by atoms with Crippen molar-refractivity contribution in [1.82, 2.24) is 4.98 Å². The average molecular weight is 236 g/mol. The summed E-state index contributed by atoms with van der Waals surface area (Å²) in [6.45, 7) is 1.78. The Morgan fingerprint density at radius 2 is 2.14 bits per heavy atom. The molecular formula is C8H10ClNO3S. The smallest absolute Gasteiger partial charge is 0.271 e. The molecule has 6 heteroatoms. The van der Waals surface area contributed by atoms with Gasteiger partial charge in [0.1, 0.15) is 10.9 Å². The number of hydrogen-bond donors (Lipinski definition) is 0. The van der Waals surface area contributed by atoms with E-state index in [1.54, 1.807) is 19.1 Å². The van der Waals surface area contributed by atoms with Crippen molar-refractivity contribution in [2.24, 2.45) is 0 Å². The molecule has 0 aliphatic rings. The van der Waals surface area contributed by atoms with Gasteiger partial charge in [0, 0.05) is 11.3 Å². The Balaban J connectivity index is 2.99. The van der Waals surface area contributed by atoms with Crippen LogP contribution in [0.2, 0.25) is 5.15 Å². The minimum absolute atomic E-state index is 0.200. The third-order valence-corrected chi connectivity index (χ3v) is 3.15. The second kappa shape index (κ2) is 4.25. The Morgan fingerprint density at radius 3 is 2.64 bits per heavy atom. The van der Waals surface area contributed by atoms with Crippen molar-refractivity contribution in [2.45, 2.75) is 12.7 Å². The van der Waals surface area contributed by atoms with E-state index in [-0.39, 0.29) is 10.9 Å². The van der Waals surface area contributed by atoms with E-state index in [9.17, 15) is 8.42 Å². The lowest BCUT2D eigenvalue weighted by Gasteiger charge is -2.03. The van der Waals surface area contributed by atoms with Gasteiger partial charge < -0.3 is 0 Å². The van der Waals surface area contributed by atoms with E-state index in [0.717, 1.165) is 12.8 Å². The molecule has 0 aromatic carbocycles. The van der Waals surface area contributed by atoms with Crippen LogP contribution in [0, 0.1) is 6.92 Å². The monoisotopic (exact) mass is 235 g/mol. The lowest BCUT2D eigenvalue weighted by Crippen LogP contribution is -2.06. The average Bonchev–Trinajstić information content (AvgIpc) is 2.10. The van der Waals surface area contributed by atoms with Crippen molar-refractivity contribution in [2.75, 3.05) is 7.11 Å². The summed E-state index contributed by atoms with van der Waals surface area (Å²) in [7, 11) is -2.42. The van der Waals surface area contributed by atoms with E-state index in [1.165, 1.54) is 0 Å². The first kappa shape index (κ1) is 11.4. The summed E-state index contributed by atoms with van der Waals surface area (Å²) < 4.78 is 26.5. The van der Waals surface area contributed by atoms with Gasteiger partial charge in [0.05, 0.1) is 7.11 Å². The molecule has 0 fully saturated rings. The first-order chi connectivity index (χ1) is 6.44. The molecule has 0 saturated heterocycles. The first-order valence-electron chi connectivity index (χ1n) is 3.85. The number of pyridine rings is 1. The minimum atomic E-state index is -3.53. The van der Waals surface area contributed by atoms with Crippen molar-refractivity contribution in [3.63, 3.8) is 0 Å². The van der Waals surface area contributed by atoms with Gasteiger partial charge >= 0.3 is 0 Å². The fourth-order valence-electron chi connectivity index (χ4n) is 0.911. The van der Waals surface area contributed by atoms with E-state index < -0.39 is 10.1 Å². The lowest BCUT2D eigenvalue weighted by molar-refractivity contribution is 0.397. The van der Waals surface area contributed by atoms with E-state index in [2.05, 4.69) is 9.17 Å². The van der Waals surface area contributed by atoms with Crippen LogP contribution in [0.5, 0.6) is 0 Å². The fourth-order valence-corrected chi connectivity index (χ4v) is 1.98.